The lowest BCUT2D eigenvalue weighted by atomic mass is 10.1. The van der Waals surface area contributed by atoms with Crippen molar-refractivity contribution in [2.75, 3.05) is 7.11 Å². The molecule has 2 aromatic heterocycles. The van der Waals surface area contributed by atoms with Crippen LogP contribution in [0.1, 0.15) is 15.9 Å². The highest BCUT2D eigenvalue weighted by atomic mass is 19.1. The molecule has 4 rings (SSSR count). The number of rotatable bonds is 6. The fourth-order valence-electron chi connectivity index (χ4n) is 3.52. The minimum Gasteiger partial charge on any atom is -0.465 e. The van der Waals surface area contributed by atoms with E-state index in [2.05, 4.69) is 11.6 Å². The maximum Gasteiger partial charge on any atom is 0.337 e. The van der Waals surface area contributed by atoms with E-state index in [9.17, 15) is 18.8 Å². The molecule has 0 aliphatic heterocycles. The predicted octanol–water partition coefficient (Wildman–Crippen LogP) is 2.51. The van der Waals surface area contributed by atoms with E-state index in [1.807, 2.05) is 0 Å². The lowest BCUT2D eigenvalue weighted by Gasteiger charge is -2.12. The van der Waals surface area contributed by atoms with Crippen LogP contribution in [0.2, 0.25) is 0 Å². The Kier molecular flexibility index (Phi) is 5.55. The number of ether oxygens (including phenoxy) is 1. The molecular weight excluding hydrogens is 415 g/mol. The van der Waals surface area contributed by atoms with Gasteiger partial charge in [-0.15, -0.1) is 6.58 Å². The Hall–Kier alpha value is -4.27. The van der Waals surface area contributed by atoms with Crippen LogP contribution in [-0.2, 0) is 17.8 Å². The first-order valence-corrected chi connectivity index (χ1v) is 9.69. The first kappa shape index (κ1) is 21.0. The zero-order valence-electron chi connectivity index (χ0n) is 17.2. The summed E-state index contributed by atoms with van der Waals surface area (Å²) in [5.41, 5.74) is 0.701. The Morgan fingerprint density at radius 1 is 1.19 bits per heavy atom. The van der Waals surface area contributed by atoms with Crippen LogP contribution >= 0.6 is 0 Å². The van der Waals surface area contributed by atoms with Gasteiger partial charge >= 0.3 is 11.7 Å². The number of imidazole rings is 1. The minimum atomic E-state index is -0.605. The molecule has 0 aliphatic rings. The quantitative estimate of drug-likeness (QED) is 0.344. The number of carbonyl (C=O) groups excluding carboxylic acids is 1. The molecular formula is C23H19FN4O4. The standard InChI is InChI=1S/C23H19FN4O4/c1-3-11-27-21(29)19-20(28(23(27)31)18-9-7-17(24)8-10-18)25-14-26(19)13-15-5-4-6-16(12-15)22(30)32-2/h3-10,12,14H,1,11,13H2,2H3. The second-order valence-corrected chi connectivity index (χ2v) is 7.04. The molecule has 0 spiro atoms. The van der Waals surface area contributed by atoms with Crippen LogP contribution in [0.15, 0.2) is 77.1 Å². The van der Waals surface area contributed by atoms with E-state index in [4.69, 9.17) is 4.74 Å². The molecule has 0 saturated heterocycles. The van der Waals surface area contributed by atoms with Gasteiger partial charge in [-0.1, -0.05) is 18.2 Å². The van der Waals surface area contributed by atoms with Crippen molar-refractivity contribution >= 4 is 17.1 Å². The average molecular weight is 434 g/mol. The van der Waals surface area contributed by atoms with Crippen molar-refractivity contribution < 1.29 is 13.9 Å². The van der Waals surface area contributed by atoms with Crippen molar-refractivity contribution in [1.29, 1.82) is 0 Å². The molecule has 2 aromatic carbocycles. The topological polar surface area (TPSA) is 88.1 Å². The van der Waals surface area contributed by atoms with Gasteiger partial charge in [0.15, 0.2) is 11.2 Å². The highest BCUT2D eigenvalue weighted by Gasteiger charge is 2.19. The number of hydrogen-bond acceptors (Lipinski definition) is 5. The Balaban J connectivity index is 1.92. The van der Waals surface area contributed by atoms with Crippen LogP contribution in [-0.4, -0.2) is 31.8 Å². The third kappa shape index (κ3) is 3.64. The van der Waals surface area contributed by atoms with Crippen molar-refractivity contribution in [1.82, 2.24) is 18.7 Å². The molecule has 9 heteroatoms. The smallest absolute Gasteiger partial charge is 0.337 e. The van der Waals surface area contributed by atoms with Crippen LogP contribution in [0.5, 0.6) is 0 Å². The van der Waals surface area contributed by atoms with E-state index >= 15 is 0 Å². The fraction of sp³-hybridized carbons (Fsp3) is 0.130. The molecule has 0 atom stereocenters. The molecule has 0 aliphatic carbocycles. The number of allylic oxidation sites excluding steroid dienone is 1. The molecule has 0 N–H and O–H groups in total. The van der Waals surface area contributed by atoms with Crippen molar-refractivity contribution in [3.05, 3.63) is 105 Å². The lowest BCUT2D eigenvalue weighted by Crippen LogP contribution is -2.39. The normalized spacial score (nSPS) is 10.9. The summed E-state index contributed by atoms with van der Waals surface area (Å²) in [7, 11) is 1.30. The summed E-state index contributed by atoms with van der Waals surface area (Å²) in [5, 5.41) is 0. The molecule has 32 heavy (non-hydrogen) atoms. The van der Waals surface area contributed by atoms with Gasteiger partial charge < -0.3 is 9.30 Å². The molecule has 0 saturated carbocycles. The summed E-state index contributed by atoms with van der Waals surface area (Å²) < 4.78 is 22.1. The molecule has 4 aromatic rings. The van der Waals surface area contributed by atoms with Gasteiger partial charge in [0.1, 0.15) is 5.82 Å². The van der Waals surface area contributed by atoms with Gasteiger partial charge in [0, 0.05) is 13.1 Å². The maximum atomic E-state index is 13.4. The first-order chi connectivity index (χ1) is 15.4. The third-order valence-corrected chi connectivity index (χ3v) is 5.00. The van der Waals surface area contributed by atoms with E-state index < -0.39 is 23.0 Å². The summed E-state index contributed by atoms with van der Waals surface area (Å²) in [6.07, 6.45) is 2.90. The number of fused-ring (bicyclic) bond motifs is 1. The second-order valence-electron chi connectivity index (χ2n) is 7.04. The number of nitrogens with zero attached hydrogens (tertiary/aromatic N) is 4. The molecule has 2 heterocycles. The number of hydrogen-bond donors (Lipinski definition) is 0. The number of halogens is 1. The summed E-state index contributed by atoms with van der Waals surface area (Å²) in [6, 6.07) is 12.1. The Bertz CT molecular complexity index is 1450. The van der Waals surface area contributed by atoms with E-state index in [1.165, 1.54) is 48.3 Å². The number of methoxy groups -OCH3 is 1. The maximum absolute atomic E-state index is 13.4. The monoisotopic (exact) mass is 434 g/mol. The molecule has 0 fully saturated rings. The van der Waals surface area contributed by atoms with Gasteiger partial charge in [-0.05, 0) is 42.0 Å². The molecule has 0 amide bonds. The zero-order chi connectivity index (χ0) is 22.8. The Morgan fingerprint density at radius 2 is 1.94 bits per heavy atom. The van der Waals surface area contributed by atoms with Crippen LogP contribution in [0.3, 0.4) is 0 Å². The third-order valence-electron chi connectivity index (χ3n) is 5.00. The number of esters is 1. The zero-order valence-corrected chi connectivity index (χ0v) is 17.2. The van der Waals surface area contributed by atoms with Crippen LogP contribution in [0.4, 0.5) is 4.39 Å². The van der Waals surface area contributed by atoms with Crippen molar-refractivity contribution in [2.45, 2.75) is 13.1 Å². The first-order valence-electron chi connectivity index (χ1n) is 9.69. The molecule has 162 valence electrons. The van der Waals surface area contributed by atoms with E-state index in [0.717, 1.165) is 10.1 Å². The second kappa shape index (κ2) is 8.46. The number of aromatic nitrogens is 4. The van der Waals surface area contributed by atoms with E-state index in [-0.39, 0.29) is 24.3 Å². The molecule has 0 bridgehead atoms. The predicted molar refractivity (Wildman–Crippen MR) is 117 cm³/mol. The lowest BCUT2D eigenvalue weighted by molar-refractivity contribution is 0.0600. The van der Waals surface area contributed by atoms with Gasteiger partial charge in [-0.3, -0.25) is 9.36 Å². The summed E-state index contributed by atoms with van der Waals surface area (Å²) in [6.45, 7) is 3.85. The minimum absolute atomic E-state index is 0.00218. The van der Waals surface area contributed by atoms with Crippen LogP contribution in [0.25, 0.3) is 16.9 Å². The van der Waals surface area contributed by atoms with Gasteiger partial charge in [0.25, 0.3) is 5.56 Å². The van der Waals surface area contributed by atoms with Crippen molar-refractivity contribution in [3.8, 4) is 5.69 Å². The number of carbonyl (C=O) groups is 1. The fourth-order valence-corrected chi connectivity index (χ4v) is 3.52. The number of benzene rings is 2. The van der Waals surface area contributed by atoms with Crippen molar-refractivity contribution in [3.63, 3.8) is 0 Å². The average Bonchev–Trinajstić information content (AvgIpc) is 3.20. The molecule has 0 unspecified atom stereocenters. The molecule has 0 radical (unpaired) electrons. The van der Waals surface area contributed by atoms with Gasteiger partial charge in [0.2, 0.25) is 0 Å². The summed E-state index contributed by atoms with van der Waals surface area (Å²) in [4.78, 5) is 42.4. The summed E-state index contributed by atoms with van der Waals surface area (Å²) in [5.74, 6) is -0.922. The van der Waals surface area contributed by atoms with Gasteiger partial charge in [0.05, 0.1) is 24.7 Å². The van der Waals surface area contributed by atoms with E-state index in [1.54, 1.807) is 28.8 Å². The Labute approximate surface area is 181 Å². The largest absolute Gasteiger partial charge is 0.465 e. The highest BCUT2D eigenvalue weighted by Crippen LogP contribution is 2.16. The SMILES string of the molecule is C=CCn1c(=O)c2c(ncn2Cc2cccc(C(=O)OC)c2)n(-c2ccc(F)cc2)c1=O. The highest BCUT2D eigenvalue weighted by molar-refractivity contribution is 5.89. The van der Waals surface area contributed by atoms with Gasteiger partial charge in [-0.25, -0.2) is 23.5 Å². The Morgan fingerprint density at radius 3 is 2.62 bits per heavy atom. The molecule has 8 nitrogen and oxygen atoms in total. The summed E-state index contributed by atoms with van der Waals surface area (Å²) >= 11 is 0. The van der Waals surface area contributed by atoms with E-state index in [0.29, 0.717) is 11.3 Å². The van der Waals surface area contributed by atoms with Crippen LogP contribution in [0, 0.1) is 5.82 Å². The van der Waals surface area contributed by atoms with Crippen LogP contribution < -0.4 is 11.2 Å². The van der Waals surface area contributed by atoms with Crippen molar-refractivity contribution in [2.24, 2.45) is 0 Å². The van der Waals surface area contributed by atoms with Gasteiger partial charge in [-0.2, -0.15) is 0 Å².